The average Bonchev–Trinajstić information content (AvgIpc) is 2.87. The van der Waals surface area contributed by atoms with Crippen LogP contribution in [0.5, 0.6) is 0 Å². The Labute approximate surface area is 128 Å². The molecule has 1 aromatic rings. The largest absolute Gasteiger partial charge is 0.466 e. The lowest BCUT2D eigenvalue weighted by atomic mass is 10.1. The molecule has 0 spiro atoms. The molecule has 1 aliphatic heterocycles. The van der Waals surface area contributed by atoms with Gasteiger partial charge < -0.3 is 15.8 Å². The van der Waals surface area contributed by atoms with Crippen molar-refractivity contribution in [3.05, 3.63) is 29.8 Å². The van der Waals surface area contributed by atoms with Gasteiger partial charge in [-0.05, 0) is 18.6 Å². The molecule has 3 amide bonds. The Morgan fingerprint density at radius 3 is 2.77 bits per heavy atom. The van der Waals surface area contributed by atoms with E-state index < -0.39 is 18.0 Å². The maximum Gasteiger partial charge on any atom is 0.322 e. The molecule has 7 nitrogen and oxygen atoms in total. The third-order valence-corrected chi connectivity index (χ3v) is 3.43. The predicted octanol–water partition coefficient (Wildman–Crippen LogP) is 0.566. The number of hydrogen-bond acceptors (Lipinski definition) is 4. The van der Waals surface area contributed by atoms with E-state index in [1.54, 1.807) is 19.1 Å². The van der Waals surface area contributed by atoms with E-state index in [4.69, 9.17) is 10.5 Å². The number of nitrogens with two attached hydrogens (primary N) is 1. The number of benzene rings is 1. The van der Waals surface area contributed by atoms with Gasteiger partial charge in [0.1, 0.15) is 6.04 Å². The van der Waals surface area contributed by atoms with Crippen molar-refractivity contribution in [2.45, 2.75) is 25.8 Å². The fourth-order valence-corrected chi connectivity index (χ4v) is 2.45. The second kappa shape index (κ2) is 6.93. The molecule has 118 valence electrons. The summed E-state index contributed by atoms with van der Waals surface area (Å²) in [6.07, 6.45) is 0.479. The molecule has 1 atom stereocenters. The number of hydrogen-bond donors (Lipinski definition) is 2. The van der Waals surface area contributed by atoms with Crippen molar-refractivity contribution in [3.8, 4) is 0 Å². The molecule has 2 rings (SSSR count). The first-order valence-electron chi connectivity index (χ1n) is 7.14. The van der Waals surface area contributed by atoms with Gasteiger partial charge in [-0.25, -0.2) is 4.79 Å². The summed E-state index contributed by atoms with van der Waals surface area (Å²) in [4.78, 5) is 36.5. The normalized spacial score (nSPS) is 16.0. The number of ether oxygens (including phenoxy) is 1. The summed E-state index contributed by atoms with van der Waals surface area (Å²) in [6, 6.07) is 6.11. The second-order valence-electron chi connectivity index (χ2n) is 4.91. The standard InChI is InChI=1S/C15H19N3O4/c1-2-22-13(19)7-8-17-15(21)18-11-6-4-3-5-10(11)9-12(18)14(16)20/h3-6,12H,2,7-9H2,1H3,(H2,16,20)(H,17,21). The number of fused-ring (bicyclic) bond motifs is 1. The van der Waals surface area contributed by atoms with E-state index in [0.717, 1.165) is 5.56 Å². The maximum absolute atomic E-state index is 12.3. The van der Waals surface area contributed by atoms with Gasteiger partial charge in [0.05, 0.1) is 13.0 Å². The Morgan fingerprint density at radius 1 is 1.36 bits per heavy atom. The molecule has 0 fully saturated rings. The Bertz CT molecular complexity index is 588. The summed E-state index contributed by atoms with van der Waals surface area (Å²) in [5, 5.41) is 2.62. The molecule has 0 saturated heterocycles. The zero-order valence-corrected chi connectivity index (χ0v) is 12.4. The van der Waals surface area contributed by atoms with Crippen LogP contribution in [-0.4, -0.2) is 37.1 Å². The number of urea groups is 1. The van der Waals surface area contributed by atoms with E-state index in [2.05, 4.69) is 5.32 Å². The van der Waals surface area contributed by atoms with Crippen LogP contribution in [-0.2, 0) is 20.7 Å². The molecular formula is C15H19N3O4. The van der Waals surface area contributed by atoms with Crippen LogP contribution < -0.4 is 16.0 Å². The summed E-state index contributed by atoms with van der Waals surface area (Å²) in [7, 11) is 0. The number of carbonyl (C=O) groups excluding carboxylic acids is 3. The number of nitrogens with zero attached hydrogens (tertiary/aromatic N) is 1. The van der Waals surface area contributed by atoms with E-state index in [0.29, 0.717) is 18.7 Å². The molecule has 1 unspecified atom stereocenters. The van der Waals surface area contributed by atoms with Gasteiger partial charge in [0.15, 0.2) is 0 Å². The number of primary amides is 1. The van der Waals surface area contributed by atoms with Crippen molar-refractivity contribution in [2.24, 2.45) is 5.73 Å². The van der Waals surface area contributed by atoms with Crippen LogP contribution in [0, 0.1) is 0 Å². The van der Waals surface area contributed by atoms with Gasteiger partial charge in [0, 0.05) is 18.7 Å². The zero-order chi connectivity index (χ0) is 16.1. The van der Waals surface area contributed by atoms with Crippen LogP contribution in [0.25, 0.3) is 0 Å². The molecule has 0 radical (unpaired) electrons. The van der Waals surface area contributed by atoms with Gasteiger partial charge in [0.2, 0.25) is 5.91 Å². The van der Waals surface area contributed by atoms with E-state index in [1.165, 1.54) is 4.90 Å². The van der Waals surface area contributed by atoms with Crippen LogP contribution >= 0.6 is 0 Å². The Hall–Kier alpha value is -2.57. The van der Waals surface area contributed by atoms with Crippen LogP contribution in [0.1, 0.15) is 18.9 Å². The Balaban J connectivity index is 2.03. The molecule has 22 heavy (non-hydrogen) atoms. The summed E-state index contributed by atoms with van der Waals surface area (Å²) in [5.74, 6) is -0.937. The summed E-state index contributed by atoms with van der Waals surface area (Å²) in [6.45, 7) is 2.16. The lowest BCUT2D eigenvalue weighted by molar-refractivity contribution is -0.142. The van der Waals surface area contributed by atoms with Crippen LogP contribution in [0.4, 0.5) is 10.5 Å². The quantitative estimate of drug-likeness (QED) is 0.776. The zero-order valence-electron chi connectivity index (χ0n) is 12.4. The fraction of sp³-hybridized carbons (Fsp3) is 0.400. The van der Waals surface area contributed by atoms with Crippen LogP contribution in [0.15, 0.2) is 24.3 Å². The summed E-state index contributed by atoms with van der Waals surface area (Å²) in [5.41, 5.74) is 6.95. The Morgan fingerprint density at radius 2 is 2.09 bits per heavy atom. The SMILES string of the molecule is CCOC(=O)CCNC(=O)N1c2ccccc2CC1C(N)=O. The van der Waals surface area contributed by atoms with Crippen molar-refractivity contribution < 1.29 is 19.1 Å². The highest BCUT2D eigenvalue weighted by Crippen LogP contribution is 2.31. The van der Waals surface area contributed by atoms with Gasteiger partial charge in [0.25, 0.3) is 0 Å². The van der Waals surface area contributed by atoms with Crippen molar-refractivity contribution in [3.63, 3.8) is 0 Å². The first-order valence-corrected chi connectivity index (χ1v) is 7.14. The van der Waals surface area contributed by atoms with Crippen molar-refractivity contribution in [2.75, 3.05) is 18.1 Å². The minimum absolute atomic E-state index is 0.0797. The molecule has 7 heteroatoms. The lowest BCUT2D eigenvalue weighted by Crippen LogP contribution is -2.50. The monoisotopic (exact) mass is 305 g/mol. The third-order valence-electron chi connectivity index (χ3n) is 3.43. The van der Waals surface area contributed by atoms with E-state index in [-0.39, 0.29) is 18.9 Å². The van der Waals surface area contributed by atoms with Crippen LogP contribution in [0.2, 0.25) is 0 Å². The fourth-order valence-electron chi connectivity index (χ4n) is 2.45. The number of para-hydroxylation sites is 1. The number of nitrogens with one attached hydrogen (secondary N) is 1. The van der Waals surface area contributed by atoms with E-state index >= 15 is 0 Å². The average molecular weight is 305 g/mol. The summed E-state index contributed by atoms with van der Waals surface area (Å²) < 4.78 is 4.79. The molecule has 1 aliphatic rings. The molecule has 0 saturated carbocycles. The smallest absolute Gasteiger partial charge is 0.322 e. The predicted molar refractivity (Wildman–Crippen MR) is 80.3 cm³/mol. The number of carbonyl (C=O) groups is 3. The molecule has 0 aliphatic carbocycles. The van der Waals surface area contributed by atoms with E-state index in [9.17, 15) is 14.4 Å². The van der Waals surface area contributed by atoms with Gasteiger partial charge in [-0.2, -0.15) is 0 Å². The molecule has 0 aromatic heterocycles. The lowest BCUT2D eigenvalue weighted by Gasteiger charge is -2.23. The highest BCUT2D eigenvalue weighted by molar-refractivity contribution is 6.02. The highest BCUT2D eigenvalue weighted by Gasteiger charge is 2.36. The number of anilines is 1. The minimum atomic E-state index is -0.708. The number of rotatable bonds is 5. The third kappa shape index (κ3) is 3.36. The molecule has 0 bridgehead atoms. The second-order valence-corrected chi connectivity index (χ2v) is 4.91. The maximum atomic E-state index is 12.3. The highest BCUT2D eigenvalue weighted by atomic mass is 16.5. The topological polar surface area (TPSA) is 102 Å². The van der Waals surface area contributed by atoms with E-state index in [1.807, 2.05) is 12.1 Å². The summed E-state index contributed by atoms with van der Waals surface area (Å²) >= 11 is 0. The molecular weight excluding hydrogens is 286 g/mol. The van der Waals surface area contributed by atoms with Crippen molar-refractivity contribution >= 4 is 23.6 Å². The first kappa shape index (κ1) is 15.8. The van der Waals surface area contributed by atoms with Gasteiger partial charge in [-0.1, -0.05) is 18.2 Å². The van der Waals surface area contributed by atoms with Crippen molar-refractivity contribution in [1.29, 1.82) is 0 Å². The molecule has 1 heterocycles. The number of amides is 3. The minimum Gasteiger partial charge on any atom is -0.466 e. The molecule has 1 aromatic carbocycles. The van der Waals surface area contributed by atoms with Gasteiger partial charge >= 0.3 is 12.0 Å². The van der Waals surface area contributed by atoms with Crippen LogP contribution in [0.3, 0.4) is 0 Å². The van der Waals surface area contributed by atoms with Gasteiger partial charge in [-0.15, -0.1) is 0 Å². The molecule has 3 N–H and O–H groups in total. The first-order chi connectivity index (χ1) is 10.5. The van der Waals surface area contributed by atoms with Gasteiger partial charge in [-0.3, -0.25) is 14.5 Å². The van der Waals surface area contributed by atoms with Crippen molar-refractivity contribution in [1.82, 2.24) is 5.32 Å². The Kier molecular flexibility index (Phi) is 4.98. The number of esters is 1.